The van der Waals surface area contributed by atoms with Crippen molar-refractivity contribution in [1.29, 1.82) is 0 Å². The smallest absolute Gasteiger partial charge is 0.221 e. The van der Waals surface area contributed by atoms with Gasteiger partial charge in [-0.3, -0.25) is 9.67 Å². The summed E-state index contributed by atoms with van der Waals surface area (Å²) in [7, 11) is 1.67. The Morgan fingerprint density at radius 3 is 3.07 bits per heavy atom. The predicted molar refractivity (Wildman–Crippen MR) is 57.0 cm³/mol. The molecule has 0 aromatic carbocycles. The van der Waals surface area contributed by atoms with Crippen LogP contribution in [-0.4, -0.2) is 29.5 Å². The third kappa shape index (κ3) is 1.81. The van der Waals surface area contributed by atoms with Crippen molar-refractivity contribution in [2.24, 2.45) is 9.98 Å². The summed E-state index contributed by atoms with van der Waals surface area (Å²) in [6, 6.07) is 0.601. The Kier molecular flexibility index (Phi) is 2.30. The average Bonchev–Trinajstić information content (AvgIpc) is 2.96. The molecule has 0 atom stereocenters. The Labute approximate surface area is 82.6 Å². The van der Waals surface area contributed by atoms with E-state index in [4.69, 9.17) is 0 Å². The Morgan fingerprint density at radius 1 is 1.71 bits per heavy atom. The van der Waals surface area contributed by atoms with Crippen molar-refractivity contribution in [3.8, 4) is 0 Å². The van der Waals surface area contributed by atoms with E-state index in [9.17, 15) is 0 Å². The molecule has 5 heteroatoms. The van der Waals surface area contributed by atoms with Gasteiger partial charge in [-0.05, 0) is 19.6 Å². The van der Waals surface area contributed by atoms with Crippen molar-refractivity contribution < 1.29 is 0 Å². The first-order valence-corrected chi connectivity index (χ1v) is 4.58. The molecule has 1 fully saturated rings. The van der Waals surface area contributed by atoms with Crippen LogP contribution in [0.3, 0.4) is 0 Å². The van der Waals surface area contributed by atoms with E-state index in [-0.39, 0.29) is 0 Å². The van der Waals surface area contributed by atoms with Gasteiger partial charge in [0, 0.05) is 13.2 Å². The molecule has 1 N–H and O–H groups in total. The Balaban J connectivity index is 2.05. The molecule has 1 aromatic heterocycles. The second-order valence-electron chi connectivity index (χ2n) is 3.27. The summed E-state index contributed by atoms with van der Waals surface area (Å²) in [5, 5.41) is 7.26. The lowest BCUT2D eigenvalue weighted by Gasteiger charge is -1.99. The van der Waals surface area contributed by atoms with Gasteiger partial charge in [0.15, 0.2) is 0 Å². The first-order valence-electron chi connectivity index (χ1n) is 4.58. The molecule has 0 radical (unpaired) electrons. The molecule has 74 valence electrons. The van der Waals surface area contributed by atoms with Gasteiger partial charge in [0.05, 0.1) is 17.9 Å². The molecule has 1 aliphatic rings. The minimum absolute atomic E-state index is 0.514. The molecule has 1 aliphatic carbocycles. The zero-order chi connectivity index (χ0) is 9.97. The van der Waals surface area contributed by atoms with E-state index in [1.54, 1.807) is 13.2 Å². The molecule has 1 aromatic rings. The number of hydrogen-bond acceptors (Lipinski definition) is 2. The standard InChI is InChI=1S/C9H13N5/c1-10-9(11-2)13-7-5-12-14(6-7)8-3-4-8/h5-6,8H,1,3-4H2,2H3,(H,11,13). The van der Waals surface area contributed by atoms with Gasteiger partial charge < -0.3 is 5.32 Å². The first kappa shape index (κ1) is 8.93. The van der Waals surface area contributed by atoms with Crippen LogP contribution in [-0.2, 0) is 0 Å². The molecule has 0 unspecified atom stereocenters. The third-order valence-electron chi connectivity index (χ3n) is 2.14. The first-order chi connectivity index (χ1) is 6.83. The number of aliphatic imine (C=N–C) groups is 2. The van der Waals surface area contributed by atoms with Crippen LogP contribution in [0.2, 0.25) is 0 Å². The van der Waals surface area contributed by atoms with E-state index in [0.29, 0.717) is 12.0 Å². The molecule has 14 heavy (non-hydrogen) atoms. The molecule has 2 rings (SSSR count). The summed E-state index contributed by atoms with van der Waals surface area (Å²) in [4.78, 5) is 7.63. The summed E-state index contributed by atoms with van der Waals surface area (Å²) in [6.07, 6.45) is 6.20. The highest BCUT2D eigenvalue weighted by Crippen LogP contribution is 2.34. The summed E-state index contributed by atoms with van der Waals surface area (Å²) in [5.74, 6) is 0.514. The Morgan fingerprint density at radius 2 is 2.50 bits per heavy atom. The maximum Gasteiger partial charge on any atom is 0.221 e. The van der Waals surface area contributed by atoms with E-state index in [0.717, 1.165) is 5.69 Å². The maximum atomic E-state index is 4.24. The van der Waals surface area contributed by atoms with Crippen LogP contribution in [0, 0.1) is 0 Å². The molecular weight excluding hydrogens is 178 g/mol. The lowest BCUT2D eigenvalue weighted by Crippen LogP contribution is -2.07. The van der Waals surface area contributed by atoms with Crippen LogP contribution in [0.15, 0.2) is 22.4 Å². The summed E-state index contributed by atoms with van der Waals surface area (Å²) in [6.45, 7) is 3.41. The summed E-state index contributed by atoms with van der Waals surface area (Å²) >= 11 is 0. The van der Waals surface area contributed by atoms with E-state index in [1.165, 1.54) is 12.8 Å². The van der Waals surface area contributed by atoms with Gasteiger partial charge in [0.25, 0.3) is 0 Å². The van der Waals surface area contributed by atoms with Crippen LogP contribution in [0.5, 0.6) is 0 Å². The lowest BCUT2D eigenvalue weighted by atomic mass is 10.5. The lowest BCUT2D eigenvalue weighted by molar-refractivity contribution is 0.642. The Bertz CT molecular complexity index is 361. The minimum Gasteiger partial charge on any atom is -0.322 e. The highest BCUT2D eigenvalue weighted by atomic mass is 15.3. The van der Waals surface area contributed by atoms with E-state index >= 15 is 0 Å². The second kappa shape index (κ2) is 3.61. The Hall–Kier alpha value is -1.65. The summed E-state index contributed by atoms with van der Waals surface area (Å²) in [5.41, 5.74) is 0.907. The van der Waals surface area contributed by atoms with Crippen molar-refractivity contribution in [3.05, 3.63) is 12.4 Å². The van der Waals surface area contributed by atoms with Crippen molar-refractivity contribution in [1.82, 2.24) is 9.78 Å². The monoisotopic (exact) mass is 191 g/mol. The van der Waals surface area contributed by atoms with Gasteiger partial charge in [-0.2, -0.15) is 5.10 Å². The van der Waals surface area contributed by atoms with Crippen LogP contribution < -0.4 is 5.32 Å². The van der Waals surface area contributed by atoms with Crippen LogP contribution in [0.25, 0.3) is 0 Å². The van der Waals surface area contributed by atoms with Crippen molar-refractivity contribution in [2.45, 2.75) is 18.9 Å². The van der Waals surface area contributed by atoms with Gasteiger partial charge in [-0.1, -0.05) is 0 Å². The number of nitrogens with zero attached hydrogens (tertiary/aromatic N) is 4. The van der Waals surface area contributed by atoms with Gasteiger partial charge in [-0.25, -0.2) is 4.99 Å². The molecule has 0 bridgehead atoms. The number of anilines is 1. The van der Waals surface area contributed by atoms with Crippen LogP contribution >= 0.6 is 0 Å². The van der Waals surface area contributed by atoms with Gasteiger partial charge >= 0.3 is 0 Å². The van der Waals surface area contributed by atoms with Gasteiger partial charge in [-0.15, -0.1) is 0 Å². The molecule has 5 nitrogen and oxygen atoms in total. The van der Waals surface area contributed by atoms with Crippen molar-refractivity contribution in [2.75, 3.05) is 12.4 Å². The van der Waals surface area contributed by atoms with Crippen LogP contribution in [0.1, 0.15) is 18.9 Å². The fourth-order valence-electron chi connectivity index (χ4n) is 1.24. The quantitative estimate of drug-likeness (QED) is 0.566. The van der Waals surface area contributed by atoms with Crippen molar-refractivity contribution in [3.63, 3.8) is 0 Å². The minimum atomic E-state index is 0.514. The highest BCUT2D eigenvalue weighted by molar-refractivity contribution is 5.96. The number of guanidine groups is 1. The van der Waals surface area contributed by atoms with Crippen LogP contribution in [0.4, 0.5) is 5.69 Å². The number of rotatable bonds is 2. The summed E-state index contributed by atoms with van der Waals surface area (Å²) < 4.78 is 1.97. The molecule has 0 spiro atoms. The van der Waals surface area contributed by atoms with Crippen molar-refractivity contribution >= 4 is 18.4 Å². The topological polar surface area (TPSA) is 54.6 Å². The average molecular weight is 191 g/mol. The molecular formula is C9H13N5. The zero-order valence-corrected chi connectivity index (χ0v) is 8.14. The predicted octanol–water partition coefficient (Wildman–Crippen LogP) is 1.32. The fourth-order valence-corrected chi connectivity index (χ4v) is 1.24. The number of hydrogen-bond donors (Lipinski definition) is 1. The zero-order valence-electron chi connectivity index (χ0n) is 8.14. The highest BCUT2D eigenvalue weighted by Gasteiger charge is 2.24. The van der Waals surface area contributed by atoms with E-state index < -0.39 is 0 Å². The van der Waals surface area contributed by atoms with E-state index in [2.05, 4.69) is 27.1 Å². The molecule has 0 aliphatic heterocycles. The fraction of sp³-hybridized carbons (Fsp3) is 0.444. The molecule has 1 heterocycles. The largest absolute Gasteiger partial charge is 0.322 e. The maximum absolute atomic E-state index is 4.24. The normalized spacial score (nSPS) is 16.8. The molecule has 0 amide bonds. The molecule has 0 saturated heterocycles. The SMILES string of the molecule is C=N/C(=N\C)Nc1cnn(C2CC2)c1. The second-order valence-corrected chi connectivity index (χ2v) is 3.27. The van der Waals surface area contributed by atoms with E-state index in [1.807, 2.05) is 10.9 Å². The van der Waals surface area contributed by atoms with Gasteiger partial charge in [0.1, 0.15) is 0 Å². The third-order valence-corrected chi connectivity index (χ3v) is 2.14. The number of aromatic nitrogens is 2. The molecule has 1 saturated carbocycles. The van der Waals surface area contributed by atoms with Gasteiger partial charge in [0.2, 0.25) is 5.96 Å². The number of nitrogens with one attached hydrogen (secondary N) is 1.